The Morgan fingerprint density at radius 3 is 1.55 bits per heavy atom. The summed E-state index contributed by atoms with van der Waals surface area (Å²) in [5.74, 6) is -0.266. The van der Waals surface area contributed by atoms with Gasteiger partial charge in [-0.15, -0.1) is 13.2 Å². The fraction of sp³-hybridized carbons (Fsp3) is 0.444. The lowest BCUT2D eigenvalue weighted by molar-refractivity contribution is -0.132. The molecule has 0 saturated carbocycles. The van der Waals surface area contributed by atoms with Crippen LogP contribution in [0.4, 0.5) is 0 Å². The van der Waals surface area contributed by atoms with Crippen LogP contribution in [-0.2, 0) is 9.59 Å². The molecule has 2 nitrogen and oxygen atoms in total. The van der Waals surface area contributed by atoms with Gasteiger partial charge in [0, 0.05) is 11.8 Å². The smallest absolute Gasteiger partial charge is 0.162 e. The van der Waals surface area contributed by atoms with E-state index in [1.807, 2.05) is 38.2 Å². The van der Waals surface area contributed by atoms with Crippen molar-refractivity contribution in [1.29, 1.82) is 0 Å². The lowest BCUT2D eigenvalue weighted by atomic mass is 9.63. The molecule has 0 aliphatic heterocycles. The van der Waals surface area contributed by atoms with Crippen LogP contribution in [0, 0.1) is 23.7 Å². The van der Waals surface area contributed by atoms with Gasteiger partial charge in [0.05, 0.1) is 0 Å². The minimum atomic E-state index is -0.281. The van der Waals surface area contributed by atoms with Gasteiger partial charge in [-0.05, 0) is 49.7 Å². The van der Waals surface area contributed by atoms with E-state index in [0.29, 0.717) is 0 Å². The van der Waals surface area contributed by atoms with Crippen molar-refractivity contribution in [3.63, 3.8) is 0 Å². The maximum Gasteiger partial charge on any atom is 0.162 e. The third-order valence-corrected chi connectivity index (χ3v) is 4.69. The lowest BCUT2D eigenvalue weighted by Crippen LogP contribution is -2.42. The predicted molar refractivity (Wildman–Crippen MR) is 81.1 cm³/mol. The van der Waals surface area contributed by atoms with Crippen LogP contribution >= 0.6 is 0 Å². The van der Waals surface area contributed by atoms with E-state index in [1.54, 1.807) is 0 Å². The molecule has 0 aromatic heterocycles. The minimum Gasteiger partial charge on any atom is -0.294 e. The lowest BCUT2D eigenvalue weighted by Gasteiger charge is -2.38. The summed E-state index contributed by atoms with van der Waals surface area (Å²) < 4.78 is 0. The van der Waals surface area contributed by atoms with Crippen molar-refractivity contribution in [2.24, 2.45) is 23.7 Å². The van der Waals surface area contributed by atoms with Crippen LogP contribution in [-0.4, -0.2) is 11.6 Å². The van der Waals surface area contributed by atoms with E-state index in [2.05, 4.69) is 13.2 Å². The molecule has 0 spiro atoms. The van der Waals surface area contributed by atoms with E-state index >= 15 is 0 Å². The molecule has 0 radical (unpaired) electrons. The van der Waals surface area contributed by atoms with Gasteiger partial charge in [-0.1, -0.05) is 24.3 Å². The van der Waals surface area contributed by atoms with Gasteiger partial charge in [0.2, 0.25) is 0 Å². The molecule has 0 aromatic carbocycles. The fourth-order valence-corrected chi connectivity index (χ4v) is 3.38. The van der Waals surface area contributed by atoms with Crippen molar-refractivity contribution in [3.8, 4) is 0 Å². The molecular weight excluding hydrogens is 248 g/mol. The SMILES string of the molecule is C=C[C@@H]1CC=C(C)C(=O)[C@H]1[C@@H]1C(=O)C(C)=CC[C@H]1C=C. The van der Waals surface area contributed by atoms with Gasteiger partial charge < -0.3 is 0 Å². The zero-order valence-corrected chi connectivity index (χ0v) is 12.3. The molecule has 0 heterocycles. The molecule has 2 aliphatic rings. The number of carbonyl (C=O) groups is 2. The molecule has 0 amide bonds. The van der Waals surface area contributed by atoms with Gasteiger partial charge in [-0.2, -0.15) is 0 Å². The second kappa shape index (κ2) is 5.74. The summed E-state index contributed by atoms with van der Waals surface area (Å²) in [7, 11) is 0. The Bertz CT molecular complexity index is 474. The molecule has 4 atom stereocenters. The van der Waals surface area contributed by atoms with Gasteiger partial charge >= 0.3 is 0 Å². The second-order valence-electron chi connectivity index (χ2n) is 5.82. The van der Waals surface area contributed by atoms with Crippen LogP contribution in [0.25, 0.3) is 0 Å². The van der Waals surface area contributed by atoms with Crippen LogP contribution in [0.5, 0.6) is 0 Å². The molecule has 2 aliphatic carbocycles. The molecule has 2 rings (SSSR count). The third kappa shape index (κ3) is 2.35. The Labute approximate surface area is 120 Å². The highest BCUT2D eigenvalue weighted by atomic mass is 16.1. The largest absolute Gasteiger partial charge is 0.294 e. The first-order chi connectivity index (χ1) is 9.51. The van der Waals surface area contributed by atoms with Crippen molar-refractivity contribution in [2.45, 2.75) is 26.7 Å². The van der Waals surface area contributed by atoms with Gasteiger partial charge in [0.15, 0.2) is 11.6 Å². The van der Waals surface area contributed by atoms with Crippen LogP contribution in [0.3, 0.4) is 0 Å². The van der Waals surface area contributed by atoms with E-state index in [-0.39, 0.29) is 35.2 Å². The van der Waals surface area contributed by atoms with E-state index < -0.39 is 0 Å². The molecule has 0 fully saturated rings. The first-order valence-corrected chi connectivity index (χ1v) is 7.18. The monoisotopic (exact) mass is 270 g/mol. The minimum absolute atomic E-state index is 0.0495. The van der Waals surface area contributed by atoms with E-state index in [0.717, 1.165) is 24.0 Å². The molecule has 0 N–H and O–H groups in total. The zero-order valence-electron chi connectivity index (χ0n) is 12.3. The zero-order chi connectivity index (χ0) is 14.9. The molecule has 0 unspecified atom stereocenters. The summed E-state index contributed by atoms with van der Waals surface area (Å²) in [4.78, 5) is 25.2. The molecule has 0 aromatic rings. The Balaban J connectivity index is 2.45. The molecule has 106 valence electrons. The predicted octanol–water partition coefficient (Wildman–Crippen LogP) is 3.66. The number of hydrogen-bond acceptors (Lipinski definition) is 2. The average molecular weight is 270 g/mol. The number of allylic oxidation sites excluding steroid dienone is 6. The Morgan fingerprint density at radius 2 is 1.25 bits per heavy atom. The standard InChI is InChI=1S/C18H22O2/c1-5-13-9-7-11(3)17(19)15(13)16-14(6-2)10-8-12(4)18(16)20/h5-8,13-16H,1-2,9-10H2,3-4H3/t13-,14-,15-,16-/m1/s1. The van der Waals surface area contributed by atoms with Crippen LogP contribution < -0.4 is 0 Å². The highest BCUT2D eigenvalue weighted by Gasteiger charge is 2.44. The summed E-state index contributed by atoms with van der Waals surface area (Å²) in [6.45, 7) is 11.4. The summed E-state index contributed by atoms with van der Waals surface area (Å²) in [6.07, 6.45) is 9.16. The van der Waals surface area contributed by atoms with Gasteiger partial charge in [0.25, 0.3) is 0 Å². The Hall–Kier alpha value is -1.70. The summed E-state index contributed by atoms with van der Waals surface area (Å²) in [5, 5.41) is 0. The van der Waals surface area contributed by atoms with Crippen molar-refractivity contribution < 1.29 is 9.59 Å². The number of ketones is 2. The van der Waals surface area contributed by atoms with Gasteiger partial charge in [-0.25, -0.2) is 0 Å². The summed E-state index contributed by atoms with van der Waals surface area (Å²) in [5.41, 5.74) is 1.55. The summed E-state index contributed by atoms with van der Waals surface area (Å²) in [6, 6.07) is 0. The molecule has 2 heteroatoms. The normalized spacial score (nSPS) is 34.3. The maximum absolute atomic E-state index is 12.6. The van der Waals surface area contributed by atoms with E-state index in [1.165, 1.54) is 0 Å². The molecule has 0 saturated heterocycles. The maximum atomic E-state index is 12.6. The van der Waals surface area contributed by atoms with E-state index in [4.69, 9.17) is 0 Å². The van der Waals surface area contributed by atoms with Gasteiger partial charge in [-0.3, -0.25) is 9.59 Å². The topological polar surface area (TPSA) is 34.1 Å². The van der Waals surface area contributed by atoms with Crippen molar-refractivity contribution in [3.05, 3.63) is 48.6 Å². The molecule has 20 heavy (non-hydrogen) atoms. The van der Waals surface area contributed by atoms with Crippen molar-refractivity contribution in [1.82, 2.24) is 0 Å². The van der Waals surface area contributed by atoms with E-state index in [9.17, 15) is 9.59 Å². The second-order valence-corrected chi connectivity index (χ2v) is 5.82. The molecule has 0 bridgehead atoms. The van der Waals surface area contributed by atoms with Crippen LogP contribution in [0.15, 0.2) is 48.6 Å². The van der Waals surface area contributed by atoms with Crippen LogP contribution in [0.2, 0.25) is 0 Å². The highest BCUT2D eigenvalue weighted by Crippen LogP contribution is 2.41. The fourth-order valence-electron chi connectivity index (χ4n) is 3.38. The first kappa shape index (κ1) is 14.7. The highest BCUT2D eigenvalue weighted by molar-refractivity contribution is 6.05. The third-order valence-electron chi connectivity index (χ3n) is 4.69. The van der Waals surface area contributed by atoms with Crippen molar-refractivity contribution >= 4 is 11.6 Å². The first-order valence-electron chi connectivity index (χ1n) is 7.18. The van der Waals surface area contributed by atoms with Crippen molar-refractivity contribution in [2.75, 3.05) is 0 Å². The summed E-state index contributed by atoms with van der Waals surface area (Å²) >= 11 is 0. The molecular formula is C18H22O2. The quantitative estimate of drug-likeness (QED) is 0.733. The Morgan fingerprint density at radius 1 is 0.900 bits per heavy atom. The number of hydrogen-bond donors (Lipinski definition) is 0. The number of carbonyl (C=O) groups excluding carboxylic acids is 2. The number of Topliss-reactive ketones (excluding diaryl/α,β-unsaturated/α-hetero) is 2. The Kier molecular flexibility index (Phi) is 4.22. The van der Waals surface area contributed by atoms with Crippen LogP contribution in [0.1, 0.15) is 26.7 Å². The van der Waals surface area contributed by atoms with Gasteiger partial charge in [0.1, 0.15) is 0 Å². The number of rotatable bonds is 3. The average Bonchev–Trinajstić information content (AvgIpc) is 2.45.